The molecule has 2 aromatic rings. The Hall–Kier alpha value is -2.25. The van der Waals surface area contributed by atoms with Gasteiger partial charge in [-0.2, -0.15) is 4.31 Å². The van der Waals surface area contributed by atoms with Crippen LogP contribution in [0.25, 0.3) is 0 Å². The first-order valence-electron chi connectivity index (χ1n) is 6.76. The van der Waals surface area contributed by atoms with E-state index >= 15 is 0 Å². The van der Waals surface area contributed by atoms with Crippen molar-refractivity contribution in [3.8, 4) is 0 Å². The van der Waals surface area contributed by atoms with E-state index in [0.29, 0.717) is 0 Å². The van der Waals surface area contributed by atoms with Gasteiger partial charge in [-0.05, 0) is 24.6 Å². The van der Waals surface area contributed by atoms with Crippen molar-refractivity contribution in [3.63, 3.8) is 0 Å². The molecule has 2 aromatic carbocycles. The third-order valence-electron chi connectivity index (χ3n) is 3.81. The molecule has 0 saturated carbocycles. The lowest BCUT2D eigenvalue weighted by Gasteiger charge is -2.06. The Morgan fingerprint density at radius 3 is 2.18 bits per heavy atom. The highest BCUT2D eigenvalue weighted by molar-refractivity contribution is 7.89. The van der Waals surface area contributed by atoms with Crippen molar-refractivity contribution in [1.82, 2.24) is 4.31 Å². The van der Waals surface area contributed by atoms with Crippen LogP contribution in [0.5, 0.6) is 0 Å². The van der Waals surface area contributed by atoms with Crippen LogP contribution in [0.4, 0.5) is 5.69 Å². The van der Waals surface area contributed by atoms with Crippen LogP contribution in [0.1, 0.15) is 18.5 Å². The third kappa shape index (κ3) is 2.38. The topological polar surface area (TPSA) is 80.3 Å². The van der Waals surface area contributed by atoms with Gasteiger partial charge in [0.2, 0.25) is 10.0 Å². The van der Waals surface area contributed by atoms with E-state index in [-0.39, 0.29) is 22.7 Å². The summed E-state index contributed by atoms with van der Waals surface area (Å²) in [4.78, 5) is 10.2. The van der Waals surface area contributed by atoms with Gasteiger partial charge in [0, 0.05) is 18.2 Å². The predicted octanol–water partition coefficient (Wildman–Crippen LogP) is 2.73. The SMILES string of the molecule is C[C@H]1[C@H](c2ccccc2)N1S(=O)(=O)c1ccc([N+](=O)[O-])cc1. The highest BCUT2D eigenvalue weighted by atomic mass is 32.2. The van der Waals surface area contributed by atoms with Crippen LogP contribution in [0, 0.1) is 10.1 Å². The second-order valence-corrected chi connectivity index (χ2v) is 7.03. The normalized spacial score (nSPS) is 24.0. The molecule has 0 bridgehead atoms. The van der Waals surface area contributed by atoms with Crippen molar-refractivity contribution >= 4 is 15.7 Å². The number of nitrogens with zero attached hydrogens (tertiary/aromatic N) is 2. The quantitative estimate of drug-likeness (QED) is 0.493. The minimum atomic E-state index is -3.64. The Kier molecular flexibility index (Phi) is 3.46. The summed E-state index contributed by atoms with van der Waals surface area (Å²) in [5.74, 6) is 0. The summed E-state index contributed by atoms with van der Waals surface area (Å²) in [5, 5.41) is 10.6. The van der Waals surface area contributed by atoms with Gasteiger partial charge in [-0.1, -0.05) is 30.3 Å². The Bertz CT molecular complexity index is 803. The van der Waals surface area contributed by atoms with Crippen molar-refractivity contribution in [2.45, 2.75) is 23.9 Å². The average molecular weight is 318 g/mol. The van der Waals surface area contributed by atoms with Crippen LogP contribution in [0.2, 0.25) is 0 Å². The van der Waals surface area contributed by atoms with Gasteiger partial charge >= 0.3 is 0 Å². The van der Waals surface area contributed by atoms with E-state index in [1.807, 2.05) is 37.3 Å². The third-order valence-corrected chi connectivity index (χ3v) is 5.79. The van der Waals surface area contributed by atoms with Gasteiger partial charge in [-0.15, -0.1) is 0 Å². The molecule has 22 heavy (non-hydrogen) atoms. The van der Waals surface area contributed by atoms with Crippen molar-refractivity contribution in [2.24, 2.45) is 0 Å². The van der Waals surface area contributed by atoms with Gasteiger partial charge in [-0.3, -0.25) is 10.1 Å². The van der Waals surface area contributed by atoms with Crippen molar-refractivity contribution < 1.29 is 13.3 Å². The van der Waals surface area contributed by atoms with Gasteiger partial charge < -0.3 is 0 Å². The number of nitro groups is 1. The van der Waals surface area contributed by atoms with E-state index in [0.717, 1.165) is 5.56 Å². The van der Waals surface area contributed by atoms with E-state index in [4.69, 9.17) is 0 Å². The minimum Gasteiger partial charge on any atom is -0.258 e. The molecule has 0 spiro atoms. The smallest absolute Gasteiger partial charge is 0.258 e. The van der Waals surface area contributed by atoms with E-state index in [9.17, 15) is 18.5 Å². The molecule has 0 amide bonds. The number of non-ortho nitro benzene ring substituents is 1. The van der Waals surface area contributed by atoms with E-state index < -0.39 is 14.9 Å². The van der Waals surface area contributed by atoms with E-state index in [1.54, 1.807) is 0 Å². The largest absolute Gasteiger partial charge is 0.269 e. The van der Waals surface area contributed by atoms with Gasteiger partial charge in [0.1, 0.15) is 0 Å². The minimum absolute atomic E-state index is 0.0726. The fourth-order valence-electron chi connectivity index (χ4n) is 2.63. The van der Waals surface area contributed by atoms with Crippen LogP contribution < -0.4 is 0 Å². The van der Waals surface area contributed by atoms with E-state index in [1.165, 1.54) is 28.6 Å². The molecule has 0 aliphatic carbocycles. The number of benzene rings is 2. The zero-order valence-corrected chi connectivity index (χ0v) is 12.6. The molecule has 0 aromatic heterocycles. The summed E-state index contributed by atoms with van der Waals surface area (Å²) < 4.78 is 26.7. The molecule has 1 aliphatic rings. The highest BCUT2D eigenvalue weighted by Gasteiger charge is 2.53. The van der Waals surface area contributed by atoms with Crippen LogP contribution in [-0.2, 0) is 10.0 Å². The lowest BCUT2D eigenvalue weighted by molar-refractivity contribution is -0.384. The van der Waals surface area contributed by atoms with E-state index in [2.05, 4.69) is 0 Å². The second kappa shape index (κ2) is 5.19. The first-order valence-corrected chi connectivity index (χ1v) is 8.20. The standard InChI is InChI=1S/C15H14N2O4S/c1-11-15(12-5-3-2-4-6-12)16(11)22(20,21)14-9-7-13(8-10-14)17(18)19/h2-11,15H,1H3/t11-,15+,16?/m0/s1. The van der Waals surface area contributed by atoms with Gasteiger partial charge in [0.15, 0.2) is 0 Å². The first kappa shape index (κ1) is 14.7. The maximum absolute atomic E-state index is 12.6. The predicted molar refractivity (Wildman–Crippen MR) is 80.8 cm³/mol. The van der Waals surface area contributed by atoms with Crippen LogP contribution in [0.3, 0.4) is 0 Å². The number of sulfonamides is 1. The molecular formula is C15H14N2O4S. The Morgan fingerprint density at radius 2 is 1.64 bits per heavy atom. The highest BCUT2D eigenvalue weighted by Crippen LogP contribution is 2.47. The molecule has 114 valence electrons. The van der Waals surface area contributed by atoms with Crippen molar-refractivity contribution in [1.29, 1.82) is 0 Å². The first-order chi connectivity index (χ1) is 10.4. The molecule has 1 saturated heterocycles. The van der Waals surface area contributed by atoms with Crippen LogP contribution >= 0.6 is 0 Å². The maximum atomic E-state index is 12.6. The molecule has 1 unspecified atom stereocenters. The zero-order chi connectivity index (χ0) is 15.9. The number of hydrogen-bond donors (Lipinski definition) is 0. The summed E-state index contributed by atoms with van der Waals surface area (Å²) in [5.41, 5.74) is 0.817. The Morgan fingerprint density at radius 1 is 1.05 bits per heavy atom. The molecule has 3 rings (SSSR count). The maximum Gasteiger partial charge on any atom is 0.269 e. The van der Waals surface area contributed by atoms with Gasteiger partial charge in [0.25, 0.3) is 5.69 Å². The van der Waals surface area contributed by atoms with Gasteiger partial charge in [-0.25, -0.2) is 8.42 Å². The number of rotatable bonds is 4. The van der Waals surface area contributed by atoms with Crippen molar-refractivity contribution in [2.75, 3.05) is 0 Å². The molecule has 0 radical (unpaired) electrons. The second-order valence-electron chi connectivity index (χ2n) is 5.18. The molecule has 7 heteroatoms. The summed E-state index contributed by atoms with van der Waals surface area (Å²) in [6.45, 7) is 1.85. The molecule has 0 N–H and O–H groups in total. The van der Waals surface area contributed by atoms with Gasteiger partial charge in [0.05, 0.1) is 15.9 Å². The number of nitro benzene ring substituents is 1. The summed E-state index contributed by atoms with van der Waals surface area (Å²) >= 11 is 0. The fourth-order valence-corrected chi connectivity index (χ4v) is 4.45. The Balaban J connectivity index is 1.89. The fraction of sp³-hybridized carbons (Fsp3) is 0.200. The number of hydrogen-bond acceptors (Lipinski definition) is 4. The molecule has 1 heterocycles. The summed E-state index contributed by atoms with van der Waals surface area (Å²) in [6, 6.07) is 14.1. The lowest BCUT2D eigenvalue weighted by Crippen LogP contribution is -2.14. The van der Waals surface area contributed by atoms with Crippen molar-refractivity contribution in [3.05, 3.63) is 70.3 Å². The van der Waals surface area contributed by atoms with Crippen LogP contribution in [0.15, 0.2) is 59.5 Å². The Labute approximate surface area is 128 Å². The molecule has 3 atom stereocenters. The lowest BCUT2D eigenvalue weighted by atomic mass is 10.1. The monoisotopic (exact) mass is 318 g/mol. The zero-order valence-electron chi connectivity index (χ0n) is 11.8. The summed E-state index contributed by atoms with van der Waals surface area (Å²) in [7, 11) is -3.64. The molecule has 6 nitrogen and oxygen atoms in total. The summed E-state index contributed by atoms with van der Waals surface area (Å²) in [6.07, 6.45) is 0. The molecular weight excluding hydrogens is 304 g/mol. The molecule has 1 fully saturated rings. The average Bonchev–Trinajstić information content (AvgIpc) is 3.20. The molecule has 1 aliphatic heterocycles. The van der Waals surface area contributed by atoms with Crippen LogP contribution in [-0.4, -0.2) is 23.7 Å².